The van der Waals surface area contributed by atoms with E-state index in [1.807, 2.05) is 0 Å². The third-order valence-corrected chi connectivity index (χ3v) is 3.89. The summed E-state index contributed by atoms with van der Waals surface area (Å²) < 4.78 is 22.2. The Labute approximate surface area is 76.8 Å². The zero-order valence-corrected chi connectivity index (χ0v) is 8.15. The second-order valence-corrected chi connectivity index (χ2v) is 5.70. The van der Waals surface area contributed by atoms with E-state index in [2.05, 4.69) is 10.9 Å². The maximum atomic E-state index is 11.1. The van der Waals surface area contributed by atoms with Crippen LogP contribution >= 0.6 is 0 Å². The average Bonchev–Trinajstić information content (AvgIpc) is 2.23. The van der Waals surface area contributed by atoms with Crippen molar-refractivity contribution >= 4 is 15.9 Å². The topological polar surface area (TPSA) is 101 Å². The van der Waals surface area contributed by atoms with Gasteiger partial charge in [-0.2, -0.15) is 0 Å². The fraction of sp³-hybridized carbons (Fsp3) is 0.833. The van der Waals surface area contributed by atoms with Gasteiger partial charge in [-0.25, -0.2) is 18.6 Å². The molecule has 6 nitrogen and oxygen atoms in total. The van der Waals surface area contributed by atoms with Gasteiger partial charge in [0.15, 0.2) is 9.84 Å². The number of urea groups is 1. The first-order chi connectivity index (χ1) is 5.83. The van der Waals surface area contributed by atoms with Crippen LogP contribution in [0.1, 0.15) is 13.3 Å². The molecule has 0 aromatic rings. The second-order valence-electron chi connectivity index (χ2n) is 3.52. The maximum absolute atomic E-state index is 11.1. The molecule has 76 valence electrons. The molecule has 1 atom stereocenters. The zero-order valence-electron chi connectivity index (χ0n) is 7.33. The number of primary amides is 1. The molecule has 1 aliphatic rings. The number of hydrazine groups is 1. The van der Waals surface area contributed by atoms with Crippen molar-refractivity contribution in [3.63, 3.8) is 0 Å². The second kappa shape index (κ2) is 3.15. The Kier molecular flexibility index (Phi) is 2.49. The molecule has 0 aromatic carbocycles. The Bertz CT molecular complexity index is 313. The number of nitrogens with two attached hydrogens (primary N) is 1. The summed E-state index contributed by atoms with van der Waals surface area (Å²) in [6.45, 7) is 1.73. The summed E-state index contributed by atoms with van der Waals surface area (Å²) in [6, 6.07) is -0.717. The number of nitrogens with one attached hydrogen (secondary N) is 2. The Morgan fingerprint density at radius 2 is 2.15 bits per heavy atom. The maximum Gasteiger partial charge on any atom is 0.326 e. The molecule has 2 amide bonds. The minimum atomic E-state index is -2.96. The molecule has 0 spiro atoms. The van der Waals surface area contributed by atoms with Crippen LogP contribution in [-0.4, -0.2) is 31.5 Å². The molecule has 1 unspecified atom stereocenters. The van der Waals surface area contributed by atoms with E-state index < -0.39 is 21.4 Å². The lowest BCUT2D eigenvalue weighted by Crippen LogP contribution is -2.54. The molecule has 4 N–H and O–H groups in total. The number of carbonyl (C=O) groups is 1. The van der Waals surface area contributed by atoms with E-state index >= 15 is 0 Å². The number of hydrogen-bond donors (Lipinski definition) is 3. The summed E-state index contributed by atoms with van der Waals surface area (Å²) in [5.74, 6) is 0.178. The van der Waals surface area contributed by atoms with Crippen LogP contribution in [0.4, 0.5) is 4.79 Å². The SMILES string of the molecule is CC1(NNC(N)=O)CCS(=O)(=O)C1. The third-order valence-electron chi connectivity index (χ3n) is 1.99. The van der Waals surface area contributed by atoms with E-state index in [1.54, 1.807) is 6.92 Å². The molecule has 0 aliphatic carbocycles. The van der Waals surface area contributed by atoms with E-state index in [-0.39, 0.29) is 11.5 Å². The normalized spacial score (nSPS) is 31.5. The Morgan fingerprint density at radius 3 is 2.54 bits per heavy atom. The van der Waals surface area contributed by atoms with Crippen molar-refractivity contribution < 1.29 is 13.2 Å². The van der Waals surface area contributed by atoms with Crippen LogP contribution in [0.5, 0.6) is 0 Å². The lowest BCUT2D eigenvalue weighted by Gasteiger charge is -2.23. The van der Waals surface area contributed by atoms with E-state index in [4.69, 9.17) is 5.73 Å². The third kappa shape index (κ3) is 2.85. The van der Waals surface area contributed by atoms with Crippen molar-refractivity contribution in [2.45, 2.75) is 18.9 Å². The summed E-state index contributed by atoms with van der Waals surface area (Å²) in [5, 5.41) is 0. The van der Waals surface area contributed by atoms with Crippen molar-refractivity contribution in [2.75, 3.05) is 11.5 Å². The summed E-state index contributed by atoms with van der Waals surface area (Å²) in [6.07, 6.45) is 0.482. The molecule has 0 aromatic heterocycles. The molecule has 1 aliphatic heterocycles. The zero-order chi connectivity index (χ0) is 10.1. The monoisotopic (exact) mass is 207 g/mol. The molecule has 1 rings (SSSR count). The summed E-state index contributed by atoms with van der Waals surface area (Å²) in [5.41, 5.74) is 9.05. The molecule has 0 bridgehead atoms. The van der Waals surface area contributed by atoms with Gasteiger partial charge in [0, 0.05) is 5.54 Å². The average molecular weight is 207 g/mol. The molecular formula is C6H13N3O3S. The van der Waals surface area contributed by atoms with Crippen LogP contribution in [0.3, 0.4) is 0 Å². The fourth-order valence-corrected chi connectivity index (χ4v) is 3.41. The van der Waals surface area contributed by atoms with Gasteiger partial charge in [-0.05, 0) is 13.3 Å². The van der Waals surface area contributed by atoms with Gasteiger partial charge in [0.05, 0.1) is 11.5 Å². The minimum Gasteiger partial charge on any atom is -0.351 e. The number of sulfone groups is 1. The quantitative estimate of drug-likeness (QED) is 0.492. The first-order valence-electron chi connectivity index (χ1n) is 3.86. The molecule has 0 saturated carbocycles. The predicted molar refractivity (Wildman–Crippen MR) is 47.5 cm³/mol. The van der Waals surface area contributed by atoms with Crippen LogP contribution in [0.15, 0.2) is 0 Å². The molecule has 13 heavy (non-hydrogen) atoms. The standard InChI is InChI=1S/C6H13N3O3S/c1-6(9-8-5(7)10)2-3-13(11,12)4-6/h9H,2-4H2,1H3,(H3,7,8,10). The molecule has 1 saturated heterocycles. The van der Waals surface area contributed by atoms with Crippen LogP contribution in [0.2, 0.25) is 0 Å². The van der Waals surface area contributed by atoms with Crippen LogP contribution in [-0.2, 0) is 9.84 Å². The Morgan fingerprint density at radius 1 is 1.54 bits per heavy atom. The van der Waals surface area contributed by atoms with Gasteiger partial charge in [0.25, 0.3) is 0 Å². The van der Waals surface area contributed by atoms with Gasteiger partial charge < -0.3 is 5.73 Å². The van der Waals surface area contributed by atoms with Crippen molar-refractivity contribution in [3.05, 3.63) is 0 Å². The van der Waals surface area contributed by atoms with E-state index in [0.717, 1.165) is 0 Å². The van der Waals surface area contributed by atoms with Crippen LogP contribution in [0, 0.1) is 0 Å². The van der Waals surface area contributed by atoms with Crippen molar-refractivity contribution in [1.29, 1.82) is 0 Å². The predicted octanol–water partition coefficient (Wildman–Crippen LogP) is -1.26. The highest BCUT2D eigenvalue weighted by molar-refractivity contribution is 7.91. The van der Waals surface area contributed by atoms with E-state index in [9.17, 15) is 13.2 Å². The summed E-state index contributed by atoms with van der Waals surface area (Å²) in [7, 11) is -2.96. The lowest BCUT2D eigenvalue weighted by atomic mass is 10.0. The minimum absolute atomic E-state index is 0.0281. The van der Waals surface area contributed by atoms with Crippen LogP contribution < -0.4 is 16.6 Å². The highest BCUT2D eigenvalue weighted by Gasteiger charge is 2.38. The number of hydrogen-bond acceptors (Lipinski definition) is 4. The molecular weight excluding hydrogens is 194 g/mol. The first kappa shape index (κ1) is 10.3. The fourth-order valence-electron chi connectivity index (χ4n) is 1.32. The Hall–Kier alpha value is -0.820. The highest BCUT2D eigenvalue weighted by atomic mass is 32.2. The number of amides is 2. The summed E-state index contributed by atoms with van der Waals surface area (Å²) >= 11 is 0. The van der Waals surface area contributed by atoms with Crippen molar-refractivity contribution in [2.24, 2.45) is 5.73 Å². The molecule has 7 heteroatoms. The van der Waals surface area contributed by atoms with Gasteiger partial charge in [-0.1, -0.05) is 0 Å². The molecule has 1 heterocycles. The van der Waals surface area contributed by atoms with Gasteiger partial charge in [0.1, 0.15) is 0 Å². The van der Waals surface area contributed by atoms with Gasteiger partial charge in [0.2, 0.25) is 0 Å². The smallest absolute Gasteiger partial charge is 0.326 e. The Balaban J connectivity index is 2.55. The van der Waals surface area contributed by atoms with E-state index in [0.29, 0.717) is 6.42 Å². The van der Waals surface area contributed by atoms with E-state index in [1.165, 1.54) is 0 Å². The molecule has 1 fully saturated rings. The van der Waals surface area contributed by atoms with Crippen molar-refractivity contribution in [1.82, 2.24) is 10.9 Å². The van der Waals surface area contributed by atoms with Crippen molar-refractivity contribution in [3.8, 4) is 0 Å². The number of carbonyl (C=O) groups excluding carboxylic acids is 1. The van der Waals surface area contributed by atoms with Crippen LogP contribution in [0.25, 0.3) is 0 Å². The summed E-state index contributed by atoms with van der Waals surface area (Å²) in [4.78, 5) is 10.4. The van der Waals surface area contributed by atoms with Gasteiger partial charge >= 0.3 is 6.03 Å². The van der Waals surface area contributed by atoms with Gasteiger partial charge in [-0.3, -0.25) is 5.43 Å². The highest BCUT2D eigenvalue weighted by Crippen LogP contribution is 2.21. The van der Waals surface area contributed by atoms with Gasteiger partial charge in [-0.15, -0.1) is 0 Å². The molecule has 0 radical (unpaired) electrons. The largest absolute Gasteiger partial charge is 0.351 e. The first-order valence-corrected chi connectivity index (χ1v) is 5.68. The number of rotatable bonds is 2. The lowest BCUT2D eigenvalue weighted by molar-refractivity contribution is 0.236.